The topological polar surface area (TPSA) is 75.3 Å². The first-order valence-corrected chi connectivity index (χ1v) is 10.9. The van der Waals surface area contributed by atoms with Gasteiger partial charge < -0.3 is 5.32 Å². The highest BCUT2D eigenvalue weighted by Gasteiger charge is 2.19. The van der Waals surface area contributed by atoms with Crippen LogP contribution in [-0.4, -0.2) is 14.3 Å². The molecule has 0 heterocycles. The van der Waals surface area contributed by atoms with E-state index in [1.807, 2.05) is 39.0 Å². The summed E-state index contributed by atoms with van der Waals surface area (Å²) in [5, 5.41) is 2.90. The summed E-state index contributed by atoms with van der Waals surface area (Å²) in [5.74, 6) is -1.08. The number of benzene rings is 3. The Labute approximate surface area is 176 Å². The molecule has 0 aliphatic rings. The Morgan fingerprint density at radius 3 is 2.40 bits per heavy atom. The van der Waals surface area contributed by atoms with Gasteiger partial charge in [-0.3, -0.25) is 9.52 Å². The fourth-order valence-corrected chi connectivity index (χ4v) is 4.33. The van der Waals surface area contributed by atoms with E-state index in [1.165, 1.54) is 42.5 Å². The lowest BCUT2D eigenvalue weighted by molar-refractivity contribution is 0.0939. The third-order valence-corrected chi connectivity index (χ3v) is 6.13. The van der Waals surface area contributed by atoms with Gasteiger partial charge in [-0.05, 0) is 62.2 Å². The highest BCUT2D eigenvalue weighted by atomic mass is 32.2. The zero-order valence-corrected chi connectivity index (χ0v) is 17.8. The molecule has 0 aliphatic heterocycles. The minimum absolute atomic E-state index is 0.127. The molecule has 2 N–H and O–H groups in total. The van der Waals surface area contributed by atoms with Gasteiger partial charge in [0.2, 0.25) is 0 Å². The minimum Gasteiger partial charge on any atom is -0.346 e. The highest BCUT2D eigenvalue weighted by Crippen LogP contribution is 2.21. The predicted octanol–water partition coefficient (Wildman–Crippen LogP) is 4.73. The van der Waals surface area contributed by atoms with Crippen molar-refractivity contribution < 1.29 is 17.6 Å². The lowest BCUT2D eigenvalue weighted by Gasteiger charge is -2.17. The maximum Gasteiger partial charge on any atom is 0.262 e. The molecule has 156 valence electrons. The normalized spacial score (nSPS) is 12.3. The lowest BCUT2D eigenvalue weighted by Crippen LogP contribution is -2.27. The first-order chi connectivity index (χ1) is 14.2. The monoisotopic (exact) mass is 426 g/mol. The molecule has 0 saturated carbocycles. The van der Waals surface area contributed by atoms with E-state index in [1.54, 1.807) is 0 Å². The number of carbonyl (C=O) groups is 1. The van der Waals surface area contributed by atoms with E-state index >= 15 is 0 Å². The molecule has 1 atom stereocenters. The van der Waals surface area contributed by atoms with Crippen LogP contribution in [-0.2, 0) is 10.0 Å². The van der Waals surface area contributed by atoms with Crippen molar-refractivity contribution in [3.63, 3.8) is 0 Å². The molecule has 0 saturated heterocycles. The molecule has 3 rings (SSSR count). The van der Waals surface area contributed by atoms with Crippen LogP contribution in [0.3, 0.4) is 0 Å². The van der Waals surface area contributed by atoms with Gasteiger partial charge in [-0.1, -0.05) is 42.0 Å². The van der Waals surface area contributed by atoms with Crippen molar-refractivity contribution in [1.82, 2.24) is 5.32 Å². The summed E-state index contributed by atoms with van der Waals surface area (Å²) < 4.78 is 41.3. The third kappa shape index (κ3) is 4.86. The van der Waals surface area contributed by atoms with Crippen LogP contribution in [0.5, 0.6) is 0 Å². The molecule has 0 radical (unpaired) electrons. The average Bonchev–Trinajstić information content (AvgIpc) is 2.69. The van der Waals surface area contributed by atoms with Crippen molar-refractivity contribution in [2.24, 2.45) is 0 Å². The van der Waals surface area contributed by atoms with Gasteiger partial charge >= 0.3 is 0 Å². The van der Waals surface area contributed by atoms with Crippen molar-refractivity contribution in [3.8, 4) is 0 Å². The van der Waals surface area contributed by atoms with Crippen molar-refractivity contribution >= 4 is 21.6 Å². The van der Waals surface area contributed by atoms with Crippen LogP contribution < -0.4 is 10.0 Å². The molecule has 0 bridgehead atoms. The van der Waals surface area contributed by atoms with Gasteiger partial charge in [0.1, 0.15) is 5.82 Å². The van der Waals surface area contributed by atoms with E-state index in [0.717, 1.165) is 22.8 Å². The standard InChI is InChI=1S/C23H23FN2O3S/c1-15-11-12-20(16(2)13-15)17(3)25-23(27)18-7-6-8-19(14-18)30(28,29)26-22-10-5-4-9-21(22)24/h4-14,17,26H,1-3H3,(H,25,27)/t17-/m1/s1. The lowest BCUT2D eigenvalue weighted by atomic mass is 10.00. The summed E-state index contributed by atoms with van der Waals surface area (Å²) in [6.45, 7) is 5.85. The van der Waals surface area contributed by atoms with Gasteiger partial charge in [0.25, 0.3) is 15.9 Å². The van der Waals surface area contributed by atoms with Crippen LogP contribution in [0, 0.1) is 19.7 Å². The summed E-state index contributed by atoms with van der Waals surface area (Å²) in [6, 6.07) is 16.9. The number of rotatable bonds is 6. The van der Waals surface area contributed by atoms with Gasteiger partial charge in [0.15, 0.2) is 0 Å². The van der Waals surface area contributed by atoms with E-state index < -0.39 is 21.7 Å². The van der Waals surface area contributed by atoms with Crippen molar-refractivity contribution in [3.05, 3.63) is 94.8 Å². The number of carbonyl (C=O) groups excluding carboxylic acids is 1. The molecule has 0 unspecified atom stereocenters. The van der Waals surface area contributed by atoms with Crippen LogP contribution in [0.2, 0.25) is 0 Å². The number of nitrogens with one attached hydrogen (secondary N) is 2. The second-order valence-corrected chi connectivity index (χ2v) is 8.85. The van der Waals surface area contributed by atoms with Gasteiger partial charge in [-0.25, -0.2) is 12.8 Å². The second kappa shape index (κ2) is 8.67. The van der Waals surface area contributed by atoms with Crippen molar-refractivity contribution in [2.75, 3.05) is 4.72 Å². The Morgan fingerprint density at radius 1 is 0.967 bits per heavy atom. The van der Waals surface area contributed by atoms with Crippen molar-refractivity contribution in [2.45, 2.75) is 31.7 Å². The summed E-state index contributed by atoms with van der Waals surface area (Å²) in [4.78, 5) is 12.6. The molecule has 0 aromatic heterocycles. The molecular formula is C23H23FN2O3S. The quantitative estimate of drug-likeness (QED) is 0.598. The van der Waals surface area contributed by atoms with Gasteiger partial charge in [0.05, 0.1) is 16.6 Å². The Morgan fingerprint density at radius 2 is 1.70 bits per heavy atom. The maximum atomic E-state index is 13.8. The molecule has 1 amide bonds. The number of aryl methyl sites for hydroxylation is 2. The highest BCUT2D eigenvalue weighted by molar-refractivity contribution is 7.92. The number of amides is 1. The van der Waals surface area contributed by atoms with Crippen molar-refractivity contribution in [1.29, 1.82) is 0 Å². The first-order valence-electron chi connectivity index (χ1n) is 9.43. The fraction of sp³-hybridized carbons (Fsp3) is 0.174. The van der Waals surface area contributed by atoms with Gasteiger partial charge in [-0.2, -0.15) is 0 Å². The van der Waals surface area contributed by atoms with Crippen LogP contribution in [0.15, 0.2) is 71.6 Å². The maximum absolute atomic E-state index is 13.8. The zero-order chi connectivity index (χ0) is 21.9. The minimum atomic E-state index is -4.05. The molecule has 7 heteroatoms. The molecule has 0 aliphatic carbocycles. The number of hydrogen-bond acceptors (Lipinski definition) is 3. The summed E-state index contributed by atoms with van der Waals surface area (Å²) in [7, 11) is -4.05. The Kier molecular flexibility index (Phi) is 6.22. The number of anilines is 1. The Balaban J connectivity index is 1.80. The summed E-state index contributed by atoms with van der Waals surface area (Å²) >= 11 is 0. The zero-order valence-electron chi connectivity index (χ0n) is 16.9. The Hall–Kier alpha value is -3.19. The van der Waals surface area contributed by atoms with Crippen LogP contribution in [0.25, 0.3) is 0 Å². The first kappa shape index (κ1) is 21.5. The molecule has 30 heavy (non-hydrogen) atoms. The molecule has 3 aromatic carbocycles. The van der Waals surface area contributed by atoms with Crippen LogP contribution in [0.1, 0.15) is 40.0 Å². The van der Waals surface area contributed by atoms with E-state index in [9.17, 15) is 17.6 Å². The average molecular weight is 427 g/mol. The number of halogens is 1. The molecule has 0 spiro atoms. The van der Waals surface area contributed by atoms with E-state index in [0.29, 0.717) is 0 Å². The third-order valence-electron chi connectivity index (χ3n) is 4.76. The molecule has 0 fully saturated rings. The number of hydrogen-bond donors (Lipinski definition) is 2. The number of sulfonamides is 1. The Bertz CT molecular complexity index is 1190. The molecule has 5 nitrogen and oxygen atoms in total. The smallest absolute Gasteiger partial charge is 0.262 e. The fourth-order valence-electron chi connectivity index (χ4n) is 3.22. The predicted molar refractivity (Wildman–Crippen MR) is 115 cm³/mol. The van der Waals surface area contributed by atoms with Crippen LogP contribution >= 0.6 is 0 Å². The summed E-state index contributed by atoms with van der Waals surface area (Å²) in [5.41, 5.74) is 3.22. The molecule has 3 aromatic rings. The SMILES string of the molecule is Cc1ccc([C@@H](C)NC(=O)c2cccc(S(=O)(=O)Nc3ccccc3F)c2)c(C)c1. The van der Waals surface area contributed by atoms with Gasteiger partial charge in [0, 0.05) is 5.56 Å². The number of para-hydroxylation sites is 1. The van der Waals surface area contributed by atoms with E-state index in [4.69, 9.17) is 0 Å². The van der Waals surface area contributed by atoms with Gasteiger partial charge in [-0.15, -0.1) is 0 Å². The second-order valence-electron chi connectivity index (χ2n) is 7.17. The summed E-state index contributed by atoms with van der Waals surface area (Å²) in [6.07, 6.45) is 0. The molecular weight excluding hydrogens is 403 g/mol. The van der Waals surface area contributed by atoms with Crippen LogP contribution in [0.4, 0.5) is 10.1 Å². The largest absolute Gasteiger partial charge is 0.346 e. The van der Waals surface area contributed by atoms with E-state index in [2.05, 4.69) is 10.0 Å². The van der Waals surface area contributed by atoms with E-state index in [-0.39, 0.29) is 22.2 Å².